The standard InChI is InChI=1S/C15H26N2O2S/c1-5-15(16)13-7-6-8-14(9-13)20(18,19)17-10-12(4)11(2)3/h6-9,11-12,15,17H,5,10,16H2,1-4H3. The molecule has 0 aliphatic carbocycles. The van der Waals surface area contributed by atoms with Gasteiger partial charge in [-0.05, 0) is 36.0 Å². The van der Waals surface area contributed by atoms with E-state index in [1.54, 1.807) is 18.2 Å². The van der Waals surface area contributed by atoms with Crippen molar-refractivity contribution in [3.05, 3.63) is 29.8 Å². The second kappa shape index (κ2) is 7.20. The molecule has 0 aromatic heterocycles. The van der Waals surface area contributed by atoms with Gasteiger partial charge in [-0.1, -0.05) is 39.8 Å². The van der Waals surface area contributed by atoms with Gasteiger partial charge in [0.25, 0.3) is 0 Å². The highest BCUT2D eigenvalue weighted by atomic mass is 32.2. The quantitative estimate of drug-likeness (QED) is 0.813. The minimum Gasteiger partial charge on any atom is -0.324 e. The number of hydrogen-bond donors (Lipinski definition) is 2. The van der Waals surface area contributed by atoms with Crippen molar-refractivity contribution in [1.29, 1.82) is 0 Å². The van der Waals surface area contributed by atoms with Gasteiger partial charge in [0.05, 0.1) is 4.90 Å². The Morgan fingerprint density at radius 2 is 1.90 bits per heavy atom. The third-order valence-corrected chi connectivity index (χ3v) is 5.19. The fourth-order valence-corrected chi connectivity index (χ4v) is 2.91. The highest BCUT2D eigenvalue weighted by Crippen LogP contribution is 2.18. The van der Waals surface area contributed by atoms with Crippen LogP contribution in [0.25, 0.3) is 0 Å². The largest absolute Gasteiger partial charge is 0.324 e. The molecule has 20 heavy (non-hydrogen) atoms. The van der Waals surface area contributed by atoms with Gasteiger partial charge in [-0.3, -0.25) is 0 Å². The fourth-order valence-electron chi connectivity index (χ4n) is 1.71. The first-order valence-electron chi connectivity index (χ1n) is 7.13. The number of sulfonamides is 1. The summed E-state index contributed by atoms with van der Waals surface area (Å²) < 4.78 is 27.2. The van der Waals surface area contributed by atoms with Crippen molar-refractivity contribution in [2.45, 2.75) is 45.1 Å². The molecule has 1 rings (SSSR count). The first-order chi connectivity index (χ1) is 9.27. The Morgan fingerprint density at radius 3 is 2.45 bits per heavy atom. The zero-order valence-corrected chi connectivity index (χ0v) is 13.6. The van der Waals surface area contributed by atoms with E-state index in [0.717, 1.165) is 12.0 Å². The normalized spacial score (nSPS) is 15.3. The Morgan fingerprint density at radius 1 is 1.25 bits per heavy atom. The lowest BCUT2D eigenvalue weighted by molar-refractivity contribution is 0.414. The van der Waals surface area contributed by atoms with Crippen molar-refractivity contribution < 1.29 is 8.42 Å². The summed E-state index contributed by atoms with van der Waals surface area (Å²) in [6, 6.07) is 6.75. The van der Waals surface area contributed by atoms with E-state index in [-0.39, 0.29) is 10.9 Å². The molecule has 0 saturated heterocycles. The van der Waals surface area contributed by atoms with E-state index < -0.39 is 10.0 Å². The zero-order valence-electron chi connectivity index (χ0n) is 12.8. The van der Waals surface area contributed by atoms with Crippen LogP contribution in [0.1, 0.15) is 45.7 Å². The molecular weight excluding hydrogens is 272 g/mol. The maximum Gasteiger partial charge on any atom is 0.240 e. The summed E-state index contributed by atoms with van der Waals surface area (Å²) >= 11 is 0. The van der Waals surface area contributed by atoms with Gasteiger partial charge in [0.15, 0.2) is 0 Å². The summed E-state index contributed by atoms with van der Waals surface area (Å²) in [6.07, 6.45) is 0.779. The molecule has 0 amide bonds. The molecule has 114 valence electrons. The Labute approximate surface area is 122 Å². The molecule has 0 aliphatic rings. The first-order valence-corrected chi connectivity index (χ1v) is 8.61. The number of hydrogen-bond acceptors (Lipinski definition) is 3. The molecule has 1 aromatic rings. The molecule has 0 radical (unpaired) electrons. The number of nitrogens with two attached hydrogens (primary N) is 1. The van der Waals surface area contributed by atoms with Crippen molar-refractivity contribution in [2.24, 2.45) is 17.6 Å². The van der Waals surface area contributed by atoms with E-state index in [1.807, 2.05) is 19.9 Å². The predicted molar refractivity (Wildman–Crippen MR) is 82.9 cm³/mol. The minimum atomic E-state index is -3.46. The molecule has 2 unspecified atom stereocenters. The lowest BCUT2D eigenvalue weighted by atomic mass is 9.99. The lowest BCUT2D eigenvalue weighted by Gasteiger charge is -2.17. The lowest BCUT2D eigenvalue weighted by Crippen LogP contribution is -2.30. The van der Waals surface area contributed by atoms with Gasteiger partial charge in [0, 0.05) is 12.6 Å². The number of benzene rings is 1. The Balaban J connectivity index is 2.87. The topological polar surface area (TPSA) is 72.2 Å². The smallest absolute Gasteiger partial charge is 0.240 e. The zero-order chi connectivity index (χ0) is 15.3. The van der Waals surface area contributed by atoms with Gasteiger partial charge in [0.2, 0.25) is 10.0 Å². The minimum absolute atomic E-state index is 0.125. The maximum atomic E-state index is 12.3. The second-order valence-corrected chi connectivity index (χ2v) is 7.43. The molecule has 0 spiro atoms. The number of nitrogens with one attached hydrogen (secondary N) is 1. The van der Waals surface area contributed by atoms with Gasteiger partial charge >= 0.3 is 0 Å². The van der Waals surface area contributed by atoms with Crippen LogP contribution in [-0.4, -0.2) is 15.0 Å². The van der Waals surface area contributed by atoms with Crippen LogP contribution in [0.4, 0.5) is 0 Å². The fraction of sp³-hybridized carbons (Fsp3) is 0.600. The molecule has 0 fully saturated rings. The van der Waals surface area contributed by atoms with E-state index in [2.05, 4.69) is 18.6 Å². The Hall–Kier alpha value is -0.910. The van der Waals surface area contributed by atoms with Gasteiger partial charge in [-0.15, -0.1) is 0 Å². The van der Waals surface area contributed by atoms with Gasteiger partial charge in [-0.25, -0.2) is 13.1 Å². The average Bonchev–Trinajstić information content (AvgIpc) is 2.43. The number of rotatable bonds is 7. The van der Waals surface area contributed by atoms with Crippen LogP contribution in [-0.2, 0) is 10.0 Å². The van der Waals surface area contributed by atoms with Crippen LogP contribution < -0.4 is 10.5 Å². The molecule has 0 bridgehead atoms. The molecule has 0 aliphatic heterocycles. The summed E-state index contributed by atoms with van der Waals surface area (Å²) in [5.41, 5.74) is 6.81. The van der Waals surface area contributed by atoms with Crippen LogP contribution in [0.2, 0.25) is 0 Å². The molecule has 0 saturated carbocycles. The van der Waals surface area contributed by atoms with Gasteiger partial charge in [-0.2, -0.15) is 0 Å². The van der Waals surface area contributed by atoms with Gasteiger partial charge in [0.1, 0.15) is 0 Å². The van der Waals surface area contributed by atoms with E-state index in [9.17, 15) is 8.42 Å². The SMILES string of the molecule is CCC(N)c1cccc(S(=O)(=O)NCC(C)C(C)C)c1. The summed E-state index contributed by atoms with van der Waals surface area (Å²) in [4.78, 5) is 0.287. The third-order valence-electron chi connectivity index (χ3n) is 3.77. The molecular formula is C15H26N2O2S. The van der Waals surface area contributed by atoms with E-state index in [0.29, 0.717) is 18.4 Å². The van der Waals surface area contributed by atoms with Crippen molar-refractivity contribution in [3.63, 3.8) is 0 Å². The summed E-state index contributed by atoms with van der Waals surface area (Å²) in [5, 5.41) is 0. The van der Waals surface area contributed by atoms with Crippen LogP contribution in [0.5, 0.6) is 0 Å². The molecule has 2 atom stereocenters. The average molecular weight is 298 g/mol. The molecule has 4 nitrogen and oxygen atoms in total. The third kappa shape index (κ3) is 4.58. The summed E-state index contributed by atoms with van der Waals surface area (Å²) in [6.45, 7) is 8.63. The van der Waals surface area contributed by atoms with Crippen LogP contribution >= 0.6 is 0 Å². The molecule has 5 heteroatoms. The first kappa shape index (κ1) is 17.1. The Kier molecular flexibility index (Phi) is 6.17. The van der Waals surface area contributed by atoms with Crippen LogP contribution in [0.15, 0.2) is 29.2 Å². The highest BCUT2D eigenvalue weighted by molar-refractivity contribution is 7.89. The molecule has 1 aromatic carbocycles. The monoisotopic (exact) mass is 298 g/mol. The Bertz CT molecular complexity index is 526. The van der Waals surface area contributed by atoms with Crippen molar-refractivity contribution in [1.82, 2.24) is 4.72 Å². The maximum absolute atomic E-state index is 12.3. The van der Waals surface area contributed by atoms with Crippen LogP contribution in [0, 0.1) is 11.8 Å². The van der Waals surface area contributed by atoms with Crippen LogP contribution in [0.3, 0.4) is 0 Å². The molecule has 0 heterocycles. The van der Waals surface area contributed by atoms with Crippen molar-refractivity contribution in [2.75, 3.05) is 6.54 Å². The van der Waals surface area contributed by atoms with E-state index in [1.165, 1.54) is 0 Å². The van der Waals surface area contributed by atoms with E-state index in [4.69, 9.17) is 5.73 Å². The summed E-state index contributed by atoms with van der Waals surface area (Å²) in [5.74, 6) is 0.739. The second-order valence-electron chi connectivity index (χ2n) is 5.66. The van der Waals surface area contributed by atoms with Crippen molar-refractivity contribution >= 4 is 10.0 Å². The van der Waals surface area contributed by atoms with E-state index >= 15 is 0 Å². The highest BCUT2D eigenvalue weighted by Gasteiger charge is 2.17. The van der Waals surface area contributed by atoms with Gasteiger partial charge < -0.3 is 5.73 Å². The molecule has 3 N–H and O–H groups in total. The summed E-state index contributed by atoms with van der Waals surface area (Å²) in [7, 11) is -3.46. The van der Waals surface area contributed by atoms with Crippen molar-refractivity contribution in [3.8, 4) is 0 Å². The predicted octanol–water partition coefficient (Wildman–Crippen LogP) is 2.67.